The van der Waals surface area contributed by atoms with Gasteiger partial charge in [-0.15, -0.1) is 0 Å². The van der Waals surface area contributed by atoms with E-state index >= 15 is 0 Å². The minimum absolute atomic E-state index is 0.267. The van der Waals surface area contributed by atoms with Crippen molar-refractivity contribution in [2.75, 3.05) is 50.7 Å². The standard InChI is InChI=1S/C23H35N5OS/c1-5-26-12-14-27(15-13-26)22(29)10-11-28(17-18(2)3)23-24-21(25-30-23)16-20-8-6-19(4)7-9-20/h6-9,18H,5,10-17H2,1-4H3/p+1. The lowest BCUT2D eigenvalue weighted by Crippen LogP contribution is -3.14. The smallest absolute Gasteiger partial charge is 0.224 e. The van der Waals surface area contributed by atoms with Gasteiger partial charge in [0.15, 0.2) is 0 Å². The van der Waals surface area contributed by atoms with Crippen molar-refractivity contribution in [3.8, 4) is 0 Å². The summed E-state index contributed by atoms with van der Waals surface area (Å²) in [5, 5.41) is 0.929. The number of carbonyl (C=O) groups is 1. The number of aromatic nitrogens is 2. The Bertz CT molecular complexity index is 796. The Kier molecular flexibility index (Phi) is 8.22. The number of likely N-dealkylation sites (N-methyl/N-ethyl adjacent to an activating group) is 1. The van der Waals surface area contributed by atoms with E-state index in [1.165, 1.54) is 22.7 Å². The Morgan fingerprint density at radius 3 is 2.57 bits per heavy atom. The zero-order chi connectivity index (χ0) is 21.5. The largest absolute Gasteiger partial charge is 0.346 e. The van der Waals surface area contributed by atoms with E-state index in [4.69, 9.17) is 4.98 Å². The third-order valence-electron chi connectivity index (χ3n) is 5.72. The van der Waals surface area contributed by atoms with Crippen LogP contribution in [0.1, 0.15) is 44.1 Å². The lowest BCUT2D eigenvalue weighted by Gasteiger charge is -2.32. The van der Waals surface area contributed by atoms with Crippen LogP contribution < -0.4 is 9.80 Å². The molecule has 1 aliphatic heterocycles. The van der Waals surface area contributed by atoms with E-state index in [-0.39, 0.29) is 5.91 Å². The molecule has 0 saturated carbocycles. The summed E-state index contributed by atoms with van der Waals surface area (Å²) in [4.78, 5) is 23.4. The van der Waals surface area contributed by atoms with Gasteiger partial charge in [-0.05, 0) is 25.3 Å². The second-order valence-electron chi connectivity index (χ2n) is 8.73. The van der Waals surface area contributed by atoms with Crippen LogP contribution >= 0.6 is 11.5 Å². The number of nitrogens with one attached hydrogen (secondary N) is 1. The molecule has 30 heavy (non-hydrogen) atoms. The Morgan fingerprint density at radius 2 is 1.93 bits per heavy atom. The highest BCUT2D eigenvalue weighted by Crippen LogP contribution is 2.21. The van der Waals surface area contributed by atoms with Crippen molar-refractivity contribution < 1.29 is 9.69 Å². The van der Waals surface area contributed by atoms with Crippen molar-refractivity contribution in [1.29, 1.82) is 0 Å². The van der Waals surface area contributed by atoms with Crippen LogP contribution in [-0.4, -0.2) is 66.0 Å². The Labute approximate surface area is 185 Å². The fourth-order valence-electron chi connectivity index (χ4n) is 3.85. The monoisotopic (exact) mass is 430 g/mol. The zero-order valence-corrected chi connectivity index (χ0v) is 19.7. The first-order valence-corrected chi connectivity index (χ1v) is 12.0. The van der Waals surface area contributed by atoms with E-state index in [9.17, 15) is 4.79 Å². The quantitative estimate of drug-likeness (QED) is 0.662. The second-order valence-corrected chi connectivity index (χ2v) is 9.46. The highest BCUT2D eigenvalue weighted by atomic mass is 32.1. The predicted molar refractivity (Wildman–Crippen MR) is 123 cm³/mol. The molecule has 1 amide bonds. The highest BCUT2D eigenvalue weighted by molar-refractivity contribution is 7.09. The van der Waals surface area contributed by atoms with Gasteiger partial charge >= 0.3 is 0 Å². The molecule has 1 aliphatic rings. The lowest BCUT2D eigenvalue weighted by atomic mass is 10.1. The number of quaternary nitrogens is 1. The molecule has 1 saturated heterocycles. The number of nitrogens with zero attached hydrogens (tertiary/aromatic N) is 4. The van der Waals surface area contributed by atoms with E-state index in [0.717, 1.165) is 56.6 Å². The number of rotatable bonds is 9. The van der Waals surface area contributed by atoms with Gasteiger partial charge in [-0.1, -0.05) is 43.7 Å². The molecule has 1 aromatic carbocycles. The van der Waals surface area contributed by atoms with Crippen molar-refractivity contribution in [1.82, 2.24) is 14.3 Å². The SMILES string of the molecule is CC[NH+]1CCN(C(=O)CCN(CC(C)C)c2nc(Cc3ccc(C)cc3)ns2)CC1. The van der Waals surface area contributed by atoms with Gasteiger partial charge in [0.2, 0.25) is 11.0 Å². The van der Waals surface area contributed by atoms with Crippen LogP contribution in [0.5, 0.6) is 0 Å². The second kappa shape index (κ2) is 10.9. The number of benzene rings is 1. The van der Waals surface area contributed by atoms with E-state index < -0.39 is 0 Å². The normalized spacial score (nSPS) is 15.0. The van der Waals surface area contributed by atoms with Gasteiger partial charge in [-0.3, -0.25) is 4.79 Å². The van der Waals surface area contributed by atoms with Crippen LogP contribution in [0.4, 0.5) is 5.13 Å². The number of hydrogen-bond donors (Lipinski definition) is 1. The van der Waals surface area contributed by atoms with Crippen LogP contribution in [0.2, 0.25) is 0 Å². The van der Waals surface area contributed by atoms with E-state index in [1.807, 2.05) is 4.90 Å². The zero-order valence-electron chi connectivity index (χ0n) is 18.9. The van der Waals surface area contributed by atoms with Crippen molar-refractivity contribution >= 4 is 22.6 Å². The fraction of sp³-hybridized carbons (Fsp3) is 0.609. The highest BCUT2D eigenvalue weighted by Gasteiger charge is 2.23. The fourth-order valence-corrected chi connectivity index (χ4v) is 4.57. The van der Waals surface area contributed by atoms with Gasteiger partial charge in [-0.2, -0.15) is 4.37 Å². The molecule has 6 nitrogen and oxygen atoms in total. The van der Waals surface area contributed by atoms with Gasteiger partial charge in [-0.25, -0.2) is 4.98 Å². The van der Waals surface area contributed by atoms with Gasteiger partial charge in [0.25, 0.3) is 0 Å². The summed E-state index contributed by atoms with van der Waals surface area (Å²) in [6.45, 7) is 15.4. The predicted octanol–water partition coefficient (Wildman–Crippen LogP) is 2.04. The molecule has 3 rings (SSSR count). The van der Waals surface area contributed by atoms with Gasteiger partial charge < -0.3 is 14.7 Å². The number of hydrogen-bond acceptors (Lipinski definition) is 5. The Hall–Kier alpha value is -1.99. The van der Waals surface area contributed by atoms with E-state index in [0.29, 0.717) is 18.9 Å². The van der Waals surface area contributed by atoms with Crippen molar-refractivity contribution in [2.45, 2.75) is 40.5 Å². The van der Waals surface area contributed by atoms with Crippen molar-refractivity contribution in [3.05, 3.63) is 41.2 Å². The summed E-state index contributed by atoms with van der Waals surface area (Å²) in [5.41, 5.74) is 2.49. The third-order valence-corrected chi connectivity index (χ3v) is 6.53. The van der Waals surface area contributed by atoms with E-state index in [1.54, 1.807) is 4.90 Å². The third kappa shape index (κ3) is 6.51. The number of anilines is 1. The first-order valence-electron chi connectivity index (χ1n) is 11.2. The molecule has 164 valence electrons. The van der Waals surface area contributed by atoms with E-state index in [2.05, 4.69) is 61.2 Å². The first-order chi connectivity index (χ1) is 14.4. The Balaban J connectivity index is 1.58. The van der Waals surface area contributed by atoms with Crippen LogP contribution in [0.25, 0.3) is 0 Å². The molecule has 1 aromatic heterocycles. The molecule has 1 fully saturated rings. The molecule has 7 heteroatoms. The van der Waals surface area contributed by atoms with Crippen LogP contribution in [-0.2, 0) is 11.2 Å². The molecule has 0 radical (unpaired) electrons. The Morgan fingerprint density at radius 1 is 1.23 bits per heavy atom. The average Bonchev–Trinajstić information content (AvgIpc) is 3.20. The lowest BCUT2D eigenvalue weighted by molar-refractivity contribution is -0.902. The summed E-state index contributed by atoms with van der Waals surface area (Å²) in [7, 11) is 0. The summed E-state index contributed by atoms with van der Waals surface area (Å²) in [6.07, 6.45) is 1.29. The molecule has 0 aliphatic carbocycles. The topological polar surface area (TPSA) is 53.8 Å². The number of aryl methyl sites for hydroxylation is 1. The van der Waals surface area contributed by atoms with Gasteiger partial charge in [0.1, 0.15) is 5.82 Å². The maximum atomic E-state index is 12.7. The van der Waals surface area contributed by atoms with Crippen LogP contribution in [0.15, 0.2) is 24.3 Å². The van der Waals surface area contributed by atoms with Gasteiger partial charge in [0, 0.05) is 37.5 Å². The number of amides is 1. The van der Waals surface area contributed by atoms with Crippen molar-refractivity contribution in [2.24, 2.45) is 5.92 Å². The molecule has 0 atom stereocenters. The van der Waals surface area contributed by atoms with Crippen LogP contribution in [0.3, 0.4) is 0 Å². The average molecular weight is 431 g/mol. The minimum atomic E-state index is 0.267. The molecule has 0 unspecified atom stereocenters. The first kappa shape index (κ1) is 22.7. The maximum Gasteiger partial charge on any atom is 0.224 e. The maximum absolute atomic E-state index is 12.7. The molecule has 1 N–H and O–H groups in total. The molecule has 2 aromatic rings. The summed E-state index contributed by atoms with van der Waals surface area (Å²) < 4.78 is 4.59. The summed E-state index contributed by atoms with van der Waals surface area (Å²) >= 11 is 1.45. The summed E-state index contributed by atoms with van der Waals surface area (Å²) in [5.74, 6) is 1.63. The summed E-state index contributed by atoms with van der Waals surface area (Å²) in [6, 6.07) is 8.53. The van der Waals surface area contributed by atoms with Gasteiger partial charge in [0.05, 0.1) is 32.7 Å². The molecule has 0 bridgehead atoms. The number of carbonyl (C=O) groups excluding carboxylic acids is 1. The van der Waals surface area contributed by atoms with Crippen molar-refractivity contribution in [3.63, 3.8) is 0 Å². The minimum Gasteiger partial charge on any atom is -0.346 e. The van der Waals surface area contributed by atoms with Crippen LogP contribution in [0, 0.1) is 12.8 Å². The molecule has 2 heterocycles. The molecular weight excluding hydrogens is 394 g/mol. The number of piperazine rings is 1. The molecule has 0 spiro atoms. The molecular formula is C23H36N5OS+.